The second-order valence-corrected chi connectivity index (χ2v) is 4.67. The van der Waals surface area contributed by atoms with Gasteiger partial charge < -0.3 is 15.0 Å². The van der Waals surface area contributed by atoms with Crippen LogP contribution in [0.3, 0.4) is 0 Å². The Hall–Kier alpha value is -2.73. The Balaban J connectivity index is 1.91. The van der Waals surface area contributed by atoms with Gasteiger partial charge in [0, 0.05) is 17.7 Å². The normalized spacial score (nSPS) is 10.7. The fraction of sp³-hybridized carbons (Fsp3) is 0.125. The number of methoxy groups -OCH3 is 1. The van der Waals surface area contributed by atoms with Gasteiger partial charge in [0.15, 0.2) is 11.6 Å². The smallest absolute Gasteiger partial charge is 0.258 e. The summed E-state index contributed by atoms with van der Waals surface area (Å²) >= 11 is 0. The predicted octanol–water partition coefficient (Wildman–Crippen LogP) is 3.01. The molecular formula is C16H14FN3O2. The number of halogens is 1. The lowest BCUT2D eigenvalue weighted by Gasteiger charge is -2.01. The summed E-state index contributed by atoms with van der Waals surface area (Å²) in [6.07, 6.45) is 0. The molecule has 0 amide bonds. The summed E-state index contributed by atoms with van der Waals surface area (Å²) in [5.74, 6) is 0.387. The van der Waals surface area contributed by atoms with Gasteiger partial charge in [-0.05, 0) is 35.9 Å². The molecule has 2 N–H and O–H groups in total. The van der Waals surface area contributed by atoms with Gasteiger partial charge in [0.05, 0.1) is 7.11 Å². The molecule has 0 aliphatic rings. The third kappa shape index (κ3) is 2.68. The van der Waals surface area contributed by atoms with Crippen LogP contribution in [-0.4, -0.2) is 17.3 Å². The van der Waals surface area contributed by atoms with Crippen molar-refractivity contribution in [2.24, 2.45) is 5.73 Å². The SMILES string of the molecule is COc1ccc(-c2noc(-c3ccc(CN)cc3)n2)cc1F. The summed E-state index contributed by atoms with van der Waals surface area (Å²) in [4.78, 5) is 4.29. The molecule has 3 rings (SSSR count). The third-order valence-corrected chi connectivity index (χ3v) is 3.27. The number of benzene rings is 2. The minimum Gasteiger partial charge on any atom is -0.494 e. The average Bonchev–Trinajstić information content (AvgIpc) is 3.05. The molecule has 1 aromatic heterocycles. The molecule has 0 unspecified atom stereocenters. The lowest BCUT2D eigenvalue weighted by Crippen LogP contribution is -1.95. The van der Waals surface area contributed by atoms with E-state index in [0.29, 0.717) is 23.8 Å². The summed E-state index contributed by atoms with van der Waals surface area (Å²) in [5.41, 5.74) is 7.88. The predicted molar refractivity (Wildman–Crippen MR) is 79.6 cm³/mol. The first kappa shape index (κ1) is 14.2. The van der Waals surface area contributed by atoms with E-state index in [1.54, 1.807) is 6.07 Å². The van der Waals surface area contributed by atoms with Crippen molar-refractivity contribution < 1.29 is 13.7 Å². The molecule has 2 aromatic carbocycles. The molecule has 0 spiro atoms. The fourth-order valence-corrected chi connectivity index (χ4v) is 2.05. The van der Waals surface area contributed by atoms with E-state index in [2.05, 4.69) is 10.1 Å². The van der Waals surface area contributed by atoms with Crippen LogP contribution in [0.4, 0.5) is 4.39 Å². The van der Waals surface area contributed by atoms with Crippen molar-refractivity contribution in [2.75, 3.05) is 7.11 Å². The molecule has 0 bridgehead atoms. The standard InChI is InChI=1S/C16H14FN3O2/c1-21-14-7-6-12(8-13(14)17)15-19-16(22-20-15)11-4-2-10(9-18)3-5-11/h2-8H,9,18H2,1H3. The average molecular weight is 299 g/mol. The van der Waals surface area contributed by atoms with Crippen LogP contribution in [0.5, 0.6) is 5.75 Å². The first-order valence-electron chi connectivity index (χ1n) is 6.68. The third-order valence-electron chi connectivity index (χ3n) is 3.27. The van der Waals surface area contributed by atoms with E-state index in [4.69, 9.17) is 15.0 Å². The van der Waals surface area contributed by atoms with Crippen LogP contribution < -0.4 is 10.5 Å². The molecule has 6 heteroatoms. The Morgan fingerprint density at radius 2 is 1.86 bits per heavy atom. The lowest BCUT2D eigenvalue weighted by atomic mass is 10.1. The van der Waals surface area contributed by atoms with Gasteiger partial charge >= 0.3 is 0 Å². The number of hydrogen-bond donors (Lipinski definition) is 1. The molecule has 0 aliphatic carbocycles. The molecule has 3 aromatic rings. The molecule has 0 atom stereocenters. The molecular weight excluding hydrogens is 285 g/mol. The maximum atomic E-state index is 13.7. The van der Waals surface area contributed by atoms with Gasteiger partial charge in [0.2, 0.25) is 5.82 Å². The minimum atomic E-state index is -0.473. The molecule has 22 heavy (non-hydrogen) atoms. The van der Waals surface area contributed by atoms with E-state index < -0.39 is 5.82 Å². The zero-order chi connectivity index (χ0) is 15.5. The fourth-order valence-electron chi connectivity index (χ4n) is 2.05. The molecule has 1 heterocycles. The number of hydrogen-bond acceptors (Lipinski definition) is 5. The Kier molecular flexibility index (Phi) is 3.84. The van der Waals surface area contributed by atoms with Crippen LogP contribution in [0.2, 0.25) is 0 Å². The van der Waals surface area contributed by atoms with Crippen molar-refractivity contribution in [1.29, 1.82) is 0 Å². The zero-order valence-electron chi connectivity index (χ0n) is 11.9. The van der Waals surface area contributed by atoms with E-state index in [0.717, 1.165) is 11.1 Å². The molecule has 0 saturated heterocycles. The number of rotatable bonds is 4. The highest BCUT2D eigenvalue weighted by Gasteiger charge is 2.12. The summed E-state index contributed by atoms with van der Waals surface area (Å²) in [5, 5.41) is 3.88. The van der Waals surface area contributed by atoms with Gasteiger partial charge in [-0.15, -0.1) is 0 Å². The molecule has 0 saturated carbocycles. The van der Waals surface area contributed by atoms with Crippen molar-refractivity contribution in [3.8, 4) is 28.6 Å². The first-order valence-corrected chi connectivity index (χ1v) is 6.68. The van der Waals surface area contributed by atoms with Crippen LogP contribution in [0.1, 0.15) is 5.56 Å². The van der Waals surface area contributed by atoms with Crippen LogP contribution in [0.15, 0.2) is 47.0 Å². The van der Waals surface area contributed by atoms with Crippen molar-refractivity contribution in [1.82, 2.24) is 10.1 Å². The summed E-state index contributed by atoms with van der Waals surface area (Å²) in [6, 6.07) is 12.0. The second-order valence-electron chi connectivity index (χ2n) is 4.67. The van der Waals surface area contributed by atoms with Gasteiger partial charge in [-0.3, -0.25) is 0 Å². The quantitative estimate of drug-likeness (QED) is 0.801. The molecule has 0 radical (unpaired) electrons. The second kappa shape index (κ2) is 5.95. The van der Waals surface area contributed by atoms with Gasteiger partial charge in [0.25, 0.3) is 5.89 Å². The minimum absolute atomic E-state index is 0.171. The van der Waals surface area contributed by atoms with Crippen LogP contribution in [0, 0.1) is 5.82 Å². The first-order chi connectivity index (χ1) is 10.7. The summed E-state index contributed by atoms with van der Waals surface area (Å²) < 4.78 is 23.8. The Morgan fingerprint density at radius 1 is 1.14 bits per heavy atom. The highest BCUT2D eigenvalue weighted by Crippen LogP contribution is 2.26. The van der Waals surface area contributed by atoms with E-state index >= 15 is 0 Å². The van der Waals surface area contributed by atoms with Gasteiger partial charge in [-0.2, -0.15) is 4.98 Å². The van der Waals surface area contributed by atoms with E-state index in [1.807, 2.05) is 24.3 Å². The number of nitrogens with two attached hydrogens (primary N) is 1. The van der Waals surface area contributed by atoms with Crippen molar-refractivity contribution in [3.63, 3.8) is 0 Å². The van der Waals surface area contributed by atoms with Crippen LogP contribution in [0.25, 0.3) is 22.8 Å². The molecule has 5 nitrogen and oxygen atoms in total. The van der Waals surface area contributed by atoms with Crippen molar-refractivity contribution in [3.05, 3.63) is 53.8 Å². The van der Waals surface area contributed by atoms with Gasteiger partial charge in [0.1, 0.15) is 0 Å². The van der Waals surface area contributed by atoms with E-state index in [9.17, 15) is 4.39 Å². The Morgan fingerprint density at radius 3 is 2.50 bits per heavy atom. The lowest BCUT2D eigenvalue weighted by molar-refractivity contribution is 0.386. The van der Waals surface area contributed by atoms with Crippen molar-refractivity contribution >= 4 is 0 Å². The number of nitrogens with zero attached hydrogens (tertiary/aromatic N) is 2. The van der Waals surface area contributed by atoms with Crippen LogP contribution >= 0.6 is 0 Å². The van der Waals surface area contributed by atoms with Gasteiger partial charge in [-0.25, -0.2) is 4.39 Å². The van der Waals surface area contributed by atoms with E-state index in [-0.39, 0.29) is 5.75 Å². The Bertz CT molecular complexity index is 784. The Labute approximate surface area is 126 Å². The molecule has 0 aliphatic heterocycles. The largest absolute Gasteiger partial charge is 0.494 e. The zero-order valence-corrected chi connectivity index (χ0v) is 11.9. The highest BCUT2D eigenvalue weighted by molar-refractivity contribution is 5.60. The monoisotopic (exact) mass is 299 g/mol. The molecule has 112 valence electrons. The number of ether oxygens (including phenoxy) is 1. The topological polar surface area (TPSA) is 74.2 Å². The number of aromatic nitrogens is 2. The summed E-state index contributed by atoms with van der Waals surface area (Å²) in [6.45, 7) is 0.473. The van der Waals surface area contributed by atoms with Gasteiger partial charge in [-0.1, -0.05) is 17.3 Å². The maximum Gasteiger partial charge on any atom is 0.258 e. The maximum absolute atomic E-state index is 13.7. The van der Waals surface area contributed by atoms with E-state index in [1.165, 1.54) is 19.2 Å². The van der Waals surface area contributed by atoms with Crippen LogP contribution in [-0.2, 0) is 6.54 Å². The summed E-state index contributed by atoms with van der Waals surface area (Å²) in [7, 11) is 1.41. The molecule has 0 fully saturated rings. The van der Waals surface area contributed by atoms with Crippen molar-refractivity contribution in [2.45, 2.75) is 6.54 Å². The highest BCUT2D eigenvalue weighted by atomic mass is 19.1.